The number of hydrogen-bond donors (Lipinski definition) is 1. The number of rotatable bonds is 8. The summed E-state index contributed by atoms with van der Waals surface area (Å²) in [6, 6.07) is 9.83. The lowest BCUT2D eigenvalue weighted by Crippen LogP contribution is -2.39. The van der Waals surface area contributed by atoms with E-state index in [1.54, 1.807) is 4.68 Å². The van der Waals surface area contributed by atoms with E-state index in [2.05, 4.69) is 24.3 Å². The Kier molecular flexibility index (Phi) is 7.09. The third-order valence-corrected chi connectivity index (χ3v) is 5.18. The van der Waals surface area contributed by atoms with E-state index in [0.717, 1.165) is 38.2 Å². The number of para-hydroxylation sites is 1. The van der Waals surface area contributed by atoms with Crippen LogP contribution in [-0.2, 0) is 0 Å². The molecule has 6 nitrogen and oxygen atoms in total. The van der Waals surface area contributed by atoms with Crippen LogP contribution in [0.15, 0.2) is 36.5 Å². The van der Waals surface area contributed by atoms with E-state index in [0.29, 0.717) is 29.9 Å². The Labute approximate surface area is 167 Å². The van der Waals surface area contributed by atoms with Gasteiger partial charge >= 0.3 is 0 Å². The van der Waals surface area contributed by atoms with Crippen molar-refractivity contribution in [2.75, 3.05) is 33.3 Å². The molecule has 1 aromatic heterocycles. The monoisotopic (exact) mass is 384 g/mol. The highest BCUT2D eigenvalue weighted by Gasteiger charge is 2.28. The molecule has 0 unspecified atom stereocenters. The van der Waals surface area contributed by atoms with E-state index in [1.807, 2.05) is 48.5 Å². The Morgan fingerprint density at radius 3 is 2.61 bits per heavy atom. The number of piperidine rings is 1. The molecule has 0 saturated carbocycles. The number of hydrogen-bond acceptors (Lipinski definition) is 4. The van der Waals surface area contributed by atoms with Gasteiger partial charge in [-0.1, -0.05) is 32.0 Å². The second kappa shape index (κ2) is 9.73. The third-order valence-electron chi connectivity index (χ3n) is 5.18. The number of benzene rings is 1. The molecule has 1 fully saturated rings. The number of carbonyl (C=O) groups excluding carboxylic acids is 1. The first-order chi connectivity index (χ1) is 13.6. The number of nitrogens with zero attached hydrogens (tertiary/aromatic N) is 3. The molecule has 2 heterocycles. The van der Waals surface area contributed by atoms with Crippen LogP contribution in [0.3, 0.4) is 0 Å². The van der Waals surface area contributed by atoms with Gasteiger partial charge in [-0.25, -0.2) is 4.68 Å². The first-order valence-electron chi connectivity index (χ1n) is 10.3. The predicted octanol–water partition coefficient (Wildman–Crippen LogP) is 3.37. The molecular formula is C22H32N4O2. The summed E-state index contributed by atoms with van der Waals surface area (Å²) in [5.74, 6) is 1.61. The van der Waals surface area contributed by atoms with Crippen LogP contribution in [0.5, 0.6) is 5.75 Å². The van der Waals surface area contributed by atoms with Gasteiger partial charge in [0.15, 0.2) is 11.4 Å². The van der Waals surface area contributed by atoms with E-state index in [1.165, 1.54) is 6.42 Å². The summed E-state index contributed by atoms with van der Waals surface area (Å²) in [6.45, 7) is 7.36. The molecule has 0 atom stereocenters. The highest BCUT2D eigenvalue weighted by Crippen LogP contribution is 2.26. The Morgan fingerprint density at radius 1 is 1.25 bits per heavy atom. The van der Waals surface area contributed by atoms with Crippen LogP contribution in [-0.4, -0.2) is 53.9 Å². The maximum Gasteiger partial charge on any atom is 0.278 e. The van der Waals surface area contributed by atoms with Gasteiger partial charge < -0.3 is 15.0 Å². The van der Waals surface area contributed by atoms with E-state index in [4.69, 9.17) is 4.74 Å². The van der Waals surface area contributed by atoms with Crippen molar-refractivity contribution in [3.63, 3.8) is 0 Å². The quantitative estimate of drug-likeness (QED) is 0.758. The van der Waals surface area contributed by atoms with Crippen molar-refractivity contribution in [2.24, 2.45) is 11.8 Å². The van der Waals surface area contributed by atoms with Crippen molar-refractivity contribution in [2.45, 2.75) is 33.1 Å². The van der Waals surface area contributed by atoms with Gasteiger partial charge in [0.25, 0.3) is 5.91 Å². The lowest BCUT2D eigenvalue weighted by molar-refractivity contribution is 0.0675. The first-order valence-corrected chi connectivity index (χ1v) is 10.3. The zero-order valence-corrected chi connectivity index (χ0v) is 17.2. The van der Waals surface area contributed by atoms with Crippen LogP contribution < -0.4 is 10.1 Å². The van der Waals surface area contributed by atoms with E-state index in [9.17, 15) is 4.79 Å². The molecule has 0 spiro atoms. The minimum absolute atomic E-state index is 0.0273. The van der Waals surface area contributed by atoms with Gasteiger partial charge in [0.05, 0.1) is 18.5 Å². The molecule has 0 aliphatic carbocycles. The van der Waals surface area contributed by atoms with Crippen LogP contribution in [0.1, 0.15) is 43.6 Å². The summed E-state index contributed by atoms with van der Waals surface area (Å²) in [5, 5.41) is 7.81. The zero-order chi connectivity index (χ0) is 19.9. The molecule has 1 N–H and O–H groups in total. The number of amides is 1. The first kappa shape index (κ1) is 20.4. The lowest BCUT2D eigenvalue weighted by atomic mass is 9.93. The van der Waals surface area contributed by atoms with Gasteiger partial charge in [-0.15, -0.1) is 0 Å². The number of ether oxygens (including phenoxy) is 1. The minimum Gasteiger partial charge on any atom is -0.489 e. The highest BCUT2D eigenvalue weighted by molar-refractivity contribution is 5.95. The summed E-state index contributed by atoms with van der Waals surface area (Å²) in [6.07, 6.45) is 5.10. The maximum atomic E-state index is 13.2. The molecule has 152 valence electrons. The van der Waals surface area contributed by atoms with Crippen LogP contribution in [0.25, 0.3) is 5.69 Å². The zero-order valence-electron chi connectivity index (χ0n) is 17.2. The maximum absolute atomic E-state index is 13.2. The molecule has 28 heavy (non-hydrogen) atoms. The minimum atomic E-state index is -0.0273. The summed E-state index contributed by atoms with van der Waals surface area (Å²) in [4.78, 5) is 15.1. The van der Waals surface area contributed by atoms with Crippen molar-refractivity contribution >= 4 is 5.91 Å². The normalized spacial score (nSPS) is 15.2. The second-order valence-corrected chi connectivity index (χ2v) is 7.95. The lowest BCUT2D eigenvalue weighted by Gasteiger charge is -2.31. The van der Waals surface area contributed by atoms with Crippen molar-refractivity contribution in [1.82, 2.24) is 20.0 Å². The highest BCUT2D eigenvalue weighted by atomic mass is 16.5. The number of aromatic nitrogens is 2. The summed E-state index contributed by atoms with van der Waals surface area (Å²) >= 11 is 0. The molecule has 6 heteroatoms. The molecule has 2 aromatic rings. The Balaban J connectivity index is 1.75. The predicted molar refractivity (Wildman–Crippen MR) is 111 cm³/mol. The average molecular weight is 385 g/mol. The molecule has 1 saturated heterocycles. The molecule has 1 aliphatic rings. The molecule has 1 aromatic carbocycles. The van der Waals surface area contributed by atoms with Crippen LogP contribution in [0.2, 0.25) is 0 Å². The fourth-order valence-corrected chi connectivity index (χ4v) is 3.50. The summed E-state index contributed by atoms with van der Waals surface area (Å²) in [5.41, 5.74) is 1.33. The number of nitrogens with one attached hydrogen (secondary N) is 1. The van der Waals surface area contributed by atoms with Crippen LogP contribution in [0, 0.1) is 11.8 Å². The fraction of sp³-hybridized carbons (Fsp3) is 0.545. The molecule has 1 amide bonds. The topological polar surface area (TPSA) is 59.4 Å². The largest absolute Gasteiger partial charge is 0.489 e. The molecular weight excluding hydrogens is 352 g/mol. The Morgan fingerprint density at radius 2 is 1.96 bits per heavy atom. The standard InChI is InChI=1S/C22H32N4O2/c1-17(2)16-28-20-15-26(19-7-5-4-6-8-19)24-21(20)22(27)25-13-10-18(11-14-25)9-12-23-3/h4-8,15,17-18,23H,9-14,16H2,1-3H3. The Hall–Kier alpha value is -2.34. The van der Waals surface area contributed by atoms with E-state index >= 15 is 0 Å². The molecule has 0 radical (unpaired) electrons. The summed E-state index contributed by atoms with van der Waals surface area (Å²) in [7, 11) is 1.99. The molecule has 3 rings (SSSR count). The van der Waals surface area contributed by atoms with Gasteiger partial charge in [-0.2, -0.15) is 5.10 Å². The number of carbonyl (C=O) groups is 1. The Bertz CT molecular complexity index is 749. The molecule has 1 aliphatic heterocycles. The van der Waals surface area contributed by atoms with Crippen molar-refractivity contribution in [1.29, 1.82) is 0 Å². The van der Waals surface area contributed by atoms with Gasteiger partial charge in [0, 0.05) is 13.1 Å². The SMILES string of the molecule is CNCCC1CCN(C(=O)c2nn(-c3ccccc3)cc2OCC(C)C)CC1. The van der Waals surface area contributed by atoms with Gasteiger partial charge in [0.1, 0.15) is 0 Å². The van der Waals surface area contributed by atoms with E-state index < -0.39 is 0 Å². The van der Waals surface area contributed by atoms with E-state index in [-0.39, 0.29) is 5.91 Å². The van der Waals surface area contributed by atoms with Gasteiger partial charge in [0.2, 0.25) is 0 Å². The van der Waals surface area contributed by atoms with Crippen molar-refractivity contribution in [3.8, 4) is 11.4 Å². The molecule has 0 bridgehead atoms. The average Bonchev–Trinajstić information content (AvgIpc) is 3.15. The number of likely N-dealkylation sites (tertiary alicyclic amines) is 1. The van der Waals surface area contributed by atoms with Crippen molar-refractivity contribution < 1.29 is 9.53 Å². The van der Waals surface area contributed by atoms with Gasteiger partial charge in [-0.05, 0) is 56.8 Å². The van der Waals surface area contributed by atoms with Crippen LogP contribution in [0.4, 0.5) is 0 Å². The van der Waals surface area contributed by atoms with Crippen LogP contribution >= 0.6 is 0 Å². The third kappa shape index (κ3) is 5.13. The second-order valence-electron chi connectivity index (χ2n) is 7.95. The van der Waals surface area contributed by atoms with Crippen molar-refractivity contribution in [3.05, 3.63) is 42.2 Å². The fourth-order valence-electron chi connectivity index (χ4n) is 3.50. The summed E-state index contributed by atoms with van der Waals surface area (Å²) < 4.78 is 7.69. The van der Waals surface area contributed by atoms with Gasteiger partial charge in [-0.3, -0.25) is 4.79 Å². The smallest absolute Gasteiger partial charge is 0.278 e.